The van der Waals surface area contributed by atoms with Crippen molar-refractivity contribution in [2.24, 2.45) is 0 Å². The van der Waals surface area contributed by atoms with Gasteiger partial charge in [0.25, 0.3) is 5.91 Å². The third-order valence-electron chi connectivity index (χ3n) is 3.71. The maximum absolute atomic E-state index is 13.4. The lowest BCUT2D eigenvalue weighted by molar-refractivity contribution is -0.139. The van der Waals surface area contributed by atoms with Crippen LogP contribution in [0.1, 0.15) is 27.5 Å². The maximum atomic E-state index is 13.4. The largest absolute Gasteiger partial charge is 0.491 e. The van der Waals surface area contributed by atoms with E-state index in [-0.39, 0.29) is 5.56 Å². The van der Waals surface area contributed by atoms with Gasteiger partial charge in [-0.05, 0) is 48.4 Å². The minimum absolute atomic E-state index is 0.286. The Balaban J connectivity index is 2.09. The molecule has 0 bridgehead atoms. The van der Waals surface area contributed by atoms with E-state index in [4.69, 9.17) is 9.47 Å². The number of carbonyl (C=O) groups is 2. The first-order valence-corrected chi connectivity index (χ1v) is 7.94. The second kappa shape index (κ2) is 8.96. The van der Waals surface area contributed by atoms with Crippen molar-refractivity contribution in [3.8, 4) is 5.75 Å². The van der Waals surface area contributed by atoms with Crippen LogP contribution in [0.5, 0.6) is 5.75 Å². The molecule has 2 rings (SSSR count). The molecule has 1 amide bonds. The van der Waals surface area contributed by atoms with Crippen LogP contribution in [0, 0.1) is 12.7 Å². The van der Waals surface area contributed by atoms with Crippen molar-refractivity contribution >= 4 is 11.9 Å². The minimum atomic E-state index is -1.28. The molecule has 0 saturated carbocycles. The van der Waals surface area contributed by atoms with E-state index >= 15 is 0 Å². The molecule has 0 aliphatic rings. The third kappa shape index (κ3) is 5.03. The van der Waals surface area contributed by atoms with Crippen LogP contribution in [0.3, 0.4) is 0 Å². The van der Waals surface area contributed by atoms with Crippen molar-refractivity contribution in [1.29, 1.82) is 0 Å². The molecule has 0 fully saturated rings. The fourth-order valence-electron chi connectivity index (χ4n) is 2.29. The van der Waals surface area contributed by atoms with Crippen LogP contribution < -0.4 is 10.1 Å². The Morgan fingerprint density at radius 2 is 1.85 bits per heavy atom. The second-order valence-electron chi connectivity index (χ2n) is 5.62. The number of carboxylic acid groups (broad SMARTS) is 1. The van der Waals surface area contributed by atoms with Gasteiger partial charge in [-0.15, -0.1) is 0 Å². The van der Waals surface area contributed by atoms with Crippen LogP contribution in [0.15, 0.2) is 42.5 Å². The zero-order valence-corrected chi connectivity index (χ0v) is 14.5. The molecule has 0 aliphatic carbocycles. The van der Waals surface area contributed by atoms with Gasteiger partial charge in [-0.1, -0.05) is 12.1 Å². The van der Waals surface area contributed by atoms with E-state index in [0.29, 0.717) is 30.1 Å². The van der Waals surface area contributed by atoms with Gasteiger partial charge >= 0.3 is 5.97 Å². The van der Waals surface area contributed by atoms with Crippen LogP contribution in [0.4, 0.5) is 4.39 Å². The number of nitrogens with one attached hydrogen (secondary N) is 1. The van der Waals surface area contributed by atoms with Crippen LogP contribution in [0.2, 0.25) is 0 Å². The summed E-state index contributed by atoms with van der Waals surface area (Å²) in [7, 11) is 1.57. The summed E-state index contributed by atoms with van der Waals surface area (Å²) in [5, 5.41) is 11.9. The molecule has 0 spiro atoms. The molecule has 1 unspecified atom stereocenters. The van der Waals surface area contributed by atoms with Crippen LogP contribution >= 0.6 is 0 Å². The molecule has 0 aromatic heterocycles. The van der Waals surface area contributed by atoms with E-state index in [0.717, 1.165) is 0 Å². The van der Waals surface area contributed by atoms with E-state index in [1.807, 2.05) is 0 Å². The average Bonchev–Trinajstić information content (AvgIpc) is 2.62. The molecule has 7 heteroatoms. The molecule has 0 aliphatic heterocycles. The van der Waals surface area contributed by atoms with Crippen LogP contribution in [0.25, 0.3) is 0 Å². The summed E-state index contributed by atoms with van der Waals surface area (Å²) in [6, 6.07) is 8.94. The molecular formula is C19H20FNO5. The number of methoxy groups -OCH3 is 1. The van der Waals surface area contributed by atoms with Crippen molar-refractivity contribution in [3.63, 3.8) is 0 Å². The molecule has 0 heterocycles. The predicted octanol–water partition coefficient (Wildman–Crippen LogP) is 2.72. The normalized spacial score (nSPS) is 11.7. The molecule has 2 N–H and O–H groups in total. The fraction of sp³-hybridized carbons (Fsp3) is 0.263. The van der Waals surface area contributed by atoms with E-state index < -0.39 is 23.7 Å². The van der Waals surface area contributed by atoms with E-state index in [9.17, 15) is 19.1 Å². The lowest BCUT2D eigenvalue weighted by atomic mass is 10.0. The van der Waals surface area contributed by atoms with Gasteiger partial charge in [0.05, 0.1) is 6.61 Å². The third-order valence-corrected chi connectivity index (χ3v) is 3.71. The Kier molecular flexibility index (Phi) is 6.68. The lowest BCUT2D eigenvalue weighted by Crippen LogP contribution is -2.33. The van der Waals surface area contributed by atoms with Gasteiger partial charge < -0.3 is 19.9 Å². The number of halogens is 1. The summed E-state index contributed by atoms with van der Waals surface area (Å²) in [5.74, 6) is -1.65. The van der Waals surface area contributed by atoms with E-state index in [2.05, 4.69) is 5.32 Å². The number of aliphatic carboxylic acids is 1. The number of rotatable bonds is 8. The topological polar surface area (TPSA) is 84.9 Å². The summed E-state index contributed by atoms with van der Waals surface area (Å²) in [5.41, 5.74) is 0.888. The van der Waals surface area contributed by atoms with E-state index in [1.54, 1.807) is 19.2 Å². The highest BCUT2D eigenvalue weighted by Crippen LogP contribution is 2.19. The number of hydrogen-bond donors (Lipinski definition) is 2. The summed E-state index contributed by atoms with van der Waals surface area (Å²) < 4.78 is 23.7. The number of benzene rings is 2. The Hall–Kier alpha value is -2.93. The van der Waals surface area contributed by atoms with Crippen molar-refractivity contribution in [1.82, 2.24) is 5.32 Å². The second-order valence-corrected chi connectivity index (χ2v) is 5.62. The number of ether oxygens (including phenoxy) is 2. The summed E-state index contributed by atoms with van der Waals surface area (Å²) in [6.07, 6.45) is 0. The lowest BCUT2D eigenvalue weighted by Gasteiger charge is -2.16. The number of carbonyl (C=O) groups excluding carboxylic acids is 1. The first-order chi connectivity index (χ1) is 12.4. The van der Waals surface area contributed by atoms with E-state index in [1.165, 1.54) is 37.3 Å². The van der Waals surface area contributed by atoms with Crippen molar-refractivity contribution < 1.29 is 28.6 Å². The van der Waals surface area contributed by atoms with Crippen molar-refractivity contribution in [3.05, 3.63) is 65.0 Å². The number of hydrogen-bond acceptors (Lipinski definition) is 4. The molecule has 138 valence electrons. The summed E-state index contributed by atoms with van der Waals surface area (Å²) in [4.78, 5) is 23.9. The van der Waals surface area contributed by atoms with Gasteiger partial charge in [-0.3, -0.25) is 4.79 Å². The molecule has 2 aromatic carbocycles. The van der Waals surface area contributed by atoms with Crippen molar-refractivity contribution in [2.45, 2.75) is 13.0 Å². The van der Waals surface area contributed by atoms with Crippen LogP contribution in [-0.2, 0) is 9.53 Å². The monoisotopic (exact) mass is 361 g/mol. The Morgan fingerprint density at radius 3 is 2.42 bits per heavy atom. The standard InChI is InChI=1S/C19H20FNO5/c1-12-11-14(5-8-16(12)20)17(19(23)24)21-18(22)13-3-6-15(7-4-13)26-10-9-25-2/h3-8,11,17H,9-10H2,1-2H3,(H,21,22)(H,23,24). The first-order valence-electron chi connectivity index (χ1n) is 7.94. The Bertz CT molecular complexity index is 776. The van der Waals surface area contributed by atoms with Gasteiger partial charge in [0.2, 0.25) is 0 Å². The quantitative estimate of drug-likeness (QED) is 0.706. The van der Waals surface area contributed by atoms with Crippen molar-refractivity contribution in [2.75, 3.05) is 20.3 Å². The fourth-order valence-corrected chi connectivity index (χ4v) is 2.29. The zero-order valence-electron chi connectivity index (χ0n) is 14.5. The molecule has 0 radical (unpaired) electrons. The molecule has 6 nitrogen and oxygen atoms in total. The molecule has 26 heavy (non-hydrogen) atoms. The molecular weight excluding hydrogens is 341 g/mol. The SMILES string of the molecule is COCCOc1ccc(C(=O)NC(C(=O)O)c2ccc(F)c(C)c2)cc1. The minimum Gasteiger partial charge on any atom is -0.491 e. The Labute approximate surface area is 150 Å². The maximum Gasteiger partial charge on any atom is 0.330 e. The first kappa shape index (κ1) is 19.4. The molecule has 1 atom stereocenters. The average molecular weight is 361 g/mol. The van der Waals surface area contributed by atoms with Gasteiger partial charge in [0.15, 0.2) is 6.04 Å². The van der Waals surface area contributed by atoms with Gasteiger partial charge in [0, 0.05) is 12.7 Å². The number of amides is 1. The number of carboxylic acids is 1. The highest BCUT2D eigenvalue weighted by molar-refractivity contribution is 5.96. The molecule has 0 saturated heterocycles. The van der Waals surface area contributed by atoms with Crippen LogP contribution in [-0.4, -0.2) is 37.3 Å². The van der Waals surface area contributed by atoms with Gasteiger partial charge in [-0.25, -0.2) is 9.18 Å². The van der Waals surface area contributed by atoms with Gasteiger partial charge in [-0.2, -0.15) is 0 Å². The Morgan fingerprint density at radius 1 is 1.15 bits per heavy atom. The summed E-state index contributed by atoms with van der Waals surface area (Å²) in [6.45, 7) is 2.36. The predicted molar refractivity (Wildman–Crippen MR) is 92.8 cm³/mol. The number of aryl methyl sites for hydroxylation is 1. The zero-order chi connectivity index (χ0) is 19.1. The highest BCUT2D eigenvalue weighted by Gasteiger charge is 2.23. The smallest absolute Gasteiger partial charge is 0.330 e. The highest BCUT2D eigenvalue weighted by atomic mass is 19.1. The molecule has 2 aromatic rings. The summed E-state index contributed by atoms with van der Waals surface area (Å²) >= 11 is 0. The van der Waals surface area contributed by atoms with Gasteiger partial charge in [0.1, 0.15) is 18.2 Å².